The first-order chi connectivity index (χ1) is 9.79. The van der Waals surface area contributed by atoms with Gasteiger partial charge in [0, 0.05) is 12.4 Å². The number of nitrogens with zero attached hydrogens (tertiary/aromatic N) is 1. The van der Waals surface area contributed by atoms with Gasteiger partial charge in [-0.3, -0.25) is 10.8 Å². The van der Waals surface area contributed by atoms with Gasteiger partial charge < -0.3 is 9.47 Å². The van der Waals surface area contributed by atoms with Gasteiger partial charge in [0.25, 0.3) is 0 Å². The first kappa shape index (κ1) is 12.9. The Bertz CT molecular complexity index is 603. The van der Waals surface area contributed by atoms with E-state index in [0.717, 1.165) is 22.6 Å². The van der Waals surface area contributed by atoms with Gasteiger partial charge in [0.15, 0.2) is 17.6 Å². The zero-order valence-corrected chi connectivity index (χ0v) is 11.2. The predicted molar refractivity (Wildman–Crippen MR) is 75.4 cm³/mol. The fraction of sp³-hybridized carbons (Fsp3) is 0.267. The highest BCUT2D eigenvalue weighted by Crippen LogP contribution is 2.34. The van der Waals surface area contributed by atoms with Gasteiger partial charge in [-0.15, -0.1) is 0 Å². The van der Waals surface area contributed by atoms with E-state index in [-0.39, 0.29) is 12.1 Å². The minimum absolute atomic E-state index is 0.169. The summed E-state index contributed by atoms with van der Waals surface area (Å²) in [6.45, 7) is 2.47. The summed E-state index contributed by atoms with van der Waals surface area (Å²) >= 11 is 0. The van der Waals surface area contributed by atoms with Crippen molar-refractivity contribution in [2.24, 2.45) is 5.84 Å². The molecule has 1 aliphatic heterocycles. The van der Waals surface area contributed by atoms with Crippen molar-refractivity contribution < 1.29 is 9.47 Å². The molecule has 0 fully saturated rings. The molecule has 5 heteroatoms. The molecule has 0 aliphatic carbocycles. The maximum absolute atomic E-state index is 6.00. The molecule has 5 nitrogen and oxygen atoms in total. The molecule has 0 amide bonds. The summed E-state index contributed by atoms with van der Waals surface area (Å²) in [5.74, 6) is 7.22. The molecule has 3 rings (SSSR count). The van der Waals surface area contributed by atoms with Gasteiger partial charge in [0.1, 0.15) is 6.61 Å². The van der Waals surface area contributed by atoms with Crippen LogP contribution in [0.25, 0.3) is 0 Å². The number of para-hydroxylation sites is 2. The molecule has 0 bridgehead atoms. The van der Waals surface area contributed by atoms with Crippen molar-refractivity contribution in [2.45, 2.75) is 19.1 Å². The van der Waals surface area contributed by atoms with Crippen LogP contribution in [0, 0.1) is 6.92 Å². The number of fused-ring (bicyclic) bond motifs is 1. The Kier molecular flexibility index (Phi) is 3.54. The van der Waals surface area contributed by atoms with Crippen molar-refractivity contribution in [3.63, 3.8) is 0 Å². The van der Waals surface area contributed by atoms with E-state index in [1.807, 2.05) is 43.5 Å². The number of rotatable bonds is 3. The number of aryl methyl sites for hydroxylation is 1. The highest BCUT2D eigenvalue weighted by Gasteiger charge is 2.30. The number of hydrazine groups is 1. The van der Waals surface area contributed by atoms with Crippen molar-refractivity contribution in [2.75, 3.05) is 6.61 Å². The number of aromatic nitrogens is 1. The molecule has 2 unspecified atom stereocenters. The van der Waals surface area contributed by atoms with Gasteiger partial charge in [-0.2, -0.15) is 0 Å². The third kappa shape index (κ3) is 2.33. The largest absolute Gasteiger partial charge is 0.486 e. The minimum Gasteiger partial charge on any atom is -0.486 e. The molecule has 1 aliphatic rings. The Hall–Kier alpha value is -2.11. The molecule has 1 aromatic carbocycles. The van der Waals surface area contributed by atoms with E-state index in [1.165, 1.54) is 0 Å². The van der Waals surface area contributed by atoms with Gasteiger partial charge in [0.2, 0.25) is 0 Å². The van der Waals surface area contributed by atoms with Crippen LogP contribution in [0.15, 0.2) is 42.7 Å². The molecule has 0 saturated carbocycles. The lowest BCUT2D eigenvalue weighted by Gasteiger charge is -2.32. The SMILES string of the molecule is Cc1ccncc1C(NN)C1COc2ccccc2O1. The Morgan fingerprint density at radius 2 is 2.10 bits per heavy atom. The molecular formula is C15H17N3O2. The van der Waals surface area contributed by atoms with E-state index in [0.29, 0.717) is 6.61 Å². The number of hydrogen-bond donors (Lipinski definition) is 2. The summed E-state index contributed by atoms with van der Waals surface area (Å²) in [5, 5.41) is 0. The van der Waals surface area contributed by atoms with Crippen LogP contribution in [0.3, 0.4) is 0 Å². The van der Waals surface area contributed by atoms with E-state index in [2.05, 4.69) is 10.4 Å². The van der Waals surface area contributed by atoms with Gasteiger partial charge in [0.05, 0.1) is 6.04 Å². The lowest BCUT2D eigenvalue weighted by atomic mass is 9.99. The van der Waals surface area contributed by atoms with Crippen LogP contribution in [0.1, 0.15) is 17.2 Å². The zero-order valence-electron chi connectivity index (χ0n) is 11.2. The molecule has 0 radical (unpaired) electrons. The van der Waals surface area contributed by atoms with E-state index in [9.17, 15) is 0 Å². The van der Waals surface area contributed by atoms with E-state index in [1.54, 1.807) is 6.20 Å². The number of ether oxygens (including phenoxy) is 2. The number of nitrogens with two attached hydrogens (primary N) is 1. The van der Waals surface area contributed by atoms with Crippen LogP contribution >= 0.6 is 0 Å². The van der Waals surface area contributed by atoms with Crippen LogP contribution in [0.2, 0.25) is 0 Å². The third-order valence-corrected chi connectivity index (χ3v) is 3.50. The monoisotopic (exact) mass is 271 g/mol. The lowest BCUT2D eigenvalue weighted by Crippen LogP contribution is -2.44. The molecule has 3 N–H and O–H groups in total. The van der Waals surface area contributed by atoms with E-state index < -0.39 is 0 Å². The summed E-state index contributed by atoms with van der Waals surface area (Å²) < 4.78 is 11.7. The average Bonchev–Trinajstić information content (AvgIpc) is 2.50. The number of pyridine rings is 1. The standard InChI is InChI=1S/C15H17N3O2/c1-10-6-7-17-8-11(10)15(18-16)14-9-19-12-4-2-3-5-13(12)20-14/h2-8,14-15,18H,9,16H2,1H3. The summed E-state index contributed by atoms with van der Waals surface area (Å²) in [6, 6.07) is 9.42. The van der Waals surface area contributed by atoms with Crippen molar-refractivity contribution in [3.05, 3.63) is 53.9 Å². The molecule has 0 spiro atoms. The van der Waals surface area contributed by atoms with Gasteiger partial charge in [-0.25, -0.2) is 5.43 Å². The normalized spacial score (nSPS) is 18.6. The Balaban J connectivity index is 1.87. The highest BCUT2D eigenvalue weighted by molar-refractivity contribution is 5.41. The quantitative estimate of drug-likeness (QED) is 0.657. The van der Waals surface area contributed by atoms with E-state index in [4.69, 9.17) is 15.3 Å². The smallest absolute Gasteiger partial charge is 0.161 e. The Labute approximate surface area is 117 Å². The first-order valence-electron chi connectivity index (χ1n) is 6.54. The minimum atomic E-state index is -0.196. The zero-order chi connectivity index (χ0) is 13.9. The molecule has 0 saturated heterocycles. The molecule has 20 heavy (non-hydrogen) atoms. The highest BCUT2D eigenvalue weighted by atomic mass is 16.6. The Morgan fingerprint density at radius 3 is 2.85 bits per heavy atom. The van der Waals surface area contributed by atoms with Gasteiger partial charge >= 0.3 is 0 Å². The van der Waals surface area contributed by atoms with Crippen LogP contribution in [0.5, 0.6) is 11.5 Å². The number of benzene rings is 1. The fourth-order valence-corrected chi connectivity index (χ4v) is 2.40. The number of hydrogen-bond acceptors (Lipinski definition) is 5. The van der Waals surface area contributed by atoms with Crippen molar-refractivity contribution in [3.8, 4) is 11.5 Å². The Morgan fingerprint density at radius 1 is 1.30 bits per heavy atom. The van der Waals surface area contributed by atoms with Crippen molar-refractivity contribution >= 4 is 0 Å². The third-order valence-electron chi connectivity index (χ3n) is 3.50. The van der Waals surface area contributed by atoms with Crippen LogP contribution < -0.4 is 20.7 Å². The molecule has 2 atom stereocenters. The summed E-state index contributed by atoms with van der Waals surface area (Å²) in [5.41, 5.74) is 4.95. The fourth-order valence-electron chi connectivity index (χ4n) is 2.40. The maximum Gasteiger partial charge on any atom is 0.161 e. The molecular weight excluding hydrogens is 254 g/mol. The number of nitrogens with one attached hydrogen (secondary N) is 1. The second kappa shape index (κ2) is 5.48. The molecule has 2 heterocycles. The predicted octanol–water partition coefficient (Wildman–Crippen LogP) is 1.73. The van der Waals surface area contributed by atoms with Crippen molar-refractivity contribution in [1.29, 1.82) is 0 Å². The lowest BCUT2D eigenvalue weighted by molar-refractivity contribution is 0.0614. The van der Waals surface area contributed by atoms with E-state index >= 15 is 0 Å². The van der Waals surface area contributed by atoms with Crippen LogP contribution in [-0.2, 0) is 0 Å². The molecule has 104 valence electrons. The molecule has 1 aromatic heterocycles. The second-order valence-corrected chi connectivity index (χ2v) is 4.79. The summed E-state index contributed by atoms with van der Waals surface area (Å²) in [4.78, 5) is 4.16. The summed E-state index contributed by atoms with van der Waals surface area (Å²) in [6.07, 6.45) is 3.38. The average molecular weight is 271 g/mol. The second-order valence-electron chi connectivity index (χ2n) is 4.79. The van der Waals surface area contributed by atoms with Crippen LogP contribution in [0.4, 0.5) is 0 Å². The van der Waals surface area contributed by atoms with Gasteiger partial charge in [-0.05, 0) is 36.2 Å². The topological polar surface area (TPSA) is 69.4 Å². The first-order valence-corrected chi connectivity index (χ1v) is 6.54. The maximum atomic E-state index is 6.00. The van der Waals surface area contributed by atoms with Crippen LogP contribution in [-0.4, -0.2) is 17.7 Å². The van der Waals surface area contributed by atoms with Gasteiger partial charge in [-0.1, -0.05) is 12.1 Å². The summed E-state index contributed by atoms with van der Waals surface area (Å²) in [7, 11) is 0. The molecule has 2 aromatic rings. The van der Waals surface area contributed by atoms with Crippen molar-refractivity contribution in [1.82, 2.24) is 10.4 Å².